The minimum absolute atomic E-state index is 0.163. The minimum atomic E-state index is -1.38. The lowest BCUT2D eigenvalue weighted by Gasteiger charge is -2.34. The van der Waals surface area contributed by atoms with Crippen LogP contribution in [0.4, 0.5) is 10.2 Å². The van der Waals surface area contributed by atoms with Crippen LogP contribution >= 0.6 is 0 Å². The van der Waals surface area contributed by atoms with Crippen LogP contribution in [0.5, 0.6) is 0 Å². The first-order chi connectivity index (χ1) is 12.0. The fraction of sp³-hybridized carbons (Fsp3) is 0.278. The summed E-state index contributed by atoms with van der Waals surface area (Å²) in [5, 5.41) is 14.0. The Balaban J connectivity index is 2.04. The number of anilines is 1. The van der Waals surface area contributed by atoms with Crippen LogP contribution in [-0.2, 0) is 9.59 Å². The Morgan fingerprint density at radius 1 is 1.24 bits per heavy atom. The highest BCUT2D eigenvalue weighted by Gasteiger charge is 2.50. The molecule has 0 spiro atoms. The monoisotopic (exact) mass is 341 g/mol. The molecule has 7 heteroatoms. The van der Waals surface area contributed by atoms with Gasteiger partial charge < -0.3 is 5.11 Å². The molecule has 0 saturated heterocycles. The smallest absolute Gasteiger partial charge is 0.330 e. The summed E-state index contributed by atoms with van der Waals surface area (Å²) >= 11 is 0. The van der Waals surface area contributed by atoms with E-state index in [4.69, 9.17) is 6.42 Å². The first-order valence-corrected chi connectivity index (χ1v) is 7.84. The van der Waals surface area contributed by atoms with E-state index in [-0.39, 0.29) is 11.6 Å². The summed E-state index contributed by atoms with van der Waals surface area (Å²) < 4.78 is 14.5. The number of halogens is 1. The third-order valence-electron chi connectivity index (χ3n) is 4.48. The average molecular weight is 341 g/mol. The van der Waals surface area contributed by atoms with Gasteiger partial charge in [0.15, 0.2) is 5.82 Å². The van der Waals surface area contributed by atoms with Crippen molar-refractivity contribution in [2.45, 2.75) is 31.2 Å². The maximum absolute atomic E-state index is 13.1. The zero-order chi connectivity index (χ0) is 18.0. The molecule has 0 radical (unpaired) electrons. The number of nitrogens with zero attached hydrogens (tertiary/aromatic N) is 3. The maximum Gasteiger partial charge on any atom is 0.330 e. The van der Waals surface area contributed by atoms with Crippen molar-refractivity contribution < 1.29 is 19.1 Å². The molecular weight excluding hydrogens is 325 g/mol. The summed E-state index contributed by atoms with van der Waals surface area (Å²) in [5.74, 6) is -0.0484. The highest BCUT2D eigenvalue weighted by atomic mass is 19.1. The number of aromatic nitrogens is 2. The van der Waals surface area contributed by atoms with Crippen molar-refractivity contribution in [2.75, 3.05) is 4.90 Å². The quantitative estimate of drug-likeness (QED) is 0.867. The molecule has 0 bridgehead atoms. The summed E-state index contributed by atoms with van der Waals surface area (Å²) in [6, 6.07) is 7.17. The van der Waals surface area contributed by atoms with Gasteiger partial charge in [0.05, 0.1) is 5.69 Å². The van der Waals surface area contributed by atoms with E-state index in [1.165, 1.54) is 35.0 Å². The van der Waals surface area contributed by atoms with E-state index in [9.17, 15) is 19.1 Å². The SMILES string of the molecule is C#CC(=O)N(c1ccn(-c2ccc(F)cc2)n1)C1(C(=O)O)CCCC1. The van der Waals surface area contributed by atoms with Crippen LogP contribution in [0.15, 0.2) is 36.5 Å². The number of carboxylic acids is 1. The Kier molecular flexibility index (Phi) is 4.28. The summed E-state index contributed by atoms with van der Waals surface area (Å²) in [6.07, 6.45) is 8.86. The van der Waals surface area contributed by atoms with Gasteiger partial charge in [0, 0.05) is 12.3 Å². The van der Waals surface area contributed by atoms with Crippen molar-refractivity contribution in [1.82, 2.24) is 9.78 Å². The number of rotatable bonds is 4. The van der Waals surface area contributed by atoms with Gasteiger partial charge in [-0.3, -0.25) is 9.69 Å². The molecule has 1 amide bonds. The Morgan fingerprint density at radius 3 is 2.44 bits per heavy atom. The van der Waals surface area contributed by atoms with Crippen molar-refractivity contribution in [3.8, 4) is 18.0 Å². The van der Waals surface area contributed by atoms with Gasteiger partial charge >= 0.3 is 11.9 Å². The molecule has 1 aliphatic carbocycles. The predicted molar refractivity (Wildman–Crippen MR) is 88.7 cm³/mol. The molecule has 1 heterocycles. The van der Waals surface area contributed by atoms with Crippen molar-refractivity contribution in [3.05, 3.63) is 42.3 Å². The van der Waals surface area contributed by atoms with E-state index in [1.807, 2.05) is 5.92 Å². The molecule has 1 aromatic heterocycles. The molecule has 2 aromatic rings. The van der Waals surface area contributed by atoms with Crippen molar-refractivity contribution >= 4 is 17.7 Å². The molecule has 1 saturated carbocycles. The van der Waals surface area contributed by atoms with Crippen molar-refractivity contribution in [3.63, 3.8) is 0 Å². The van der Waals surface area contributed by atoms with Gasteiger partial charge in [-0.1, -0.05) is 12.8 Å². The number of amides is 1. The third-order valence-corrected chi connectivity index (χ3v) is 4.48. The average Bonchev–Trinajstić information content (AvgIpc) is 3.26. The number of hydrogen-bond donors (Lipinski definition) is 1. The lowest BCUT2D eigenvalue weighted by molar-refractivity contribution is -0.144. The topological polar surface area (TPSA) is 75.4 Å². The van der Waals surface area contributed by atoms with E-state index in [0.29, 0.717) is 31.4 Å². The predicted octanol–water partition coefficient (Wildman–Crippen LogP) is 2.38. The Morgan fingerprint density at radius 2 is 1.88 bits per heavy atom. The number of carbonyl (C=O) groups excluding carboxylic acids is 1. The van der Waals surface area contributed by atoms with Gasteiger partial charge in [0.1, 0.15) is 11.4 Å². The molecule has 3 rings (SSSR count). The fourth-order valence-electron chi connectivity index (χ4n) is 3.25. The maximum atomic E-state index is 13.1. The second-order valence-electron chi connectivity index (χ2n) is 5.92. The van der Waals surface area contributed by atoms with E-state index in [1.54, 1.807) is 6.20 Å². The Hall–Kier alpha value is -3.14. The molecular formula is C18H16FN3O3. The van der Waals surface area contributed by atoms with Crippen molar-refractivity contribution in [1.29, 1.82) is 0 Å². The van der Waals surface area contributed by atoms with Gasteiger partial charge in [-0.15, -0.1) is 11.5 Å². The van der Waals surface area contributed by atoms with Crippen LogP contribution in [0, 0.1) is 18.2 Å². The van der Waals surface area contributed by atoms with Gasteiger partial charge in [-0.25, -0.2) is 13.9 Å². The minimum Gasteiger partial charge on any atom is -0.479 e. The Bertz CT molecular complexity index is 845. The van der Waals surface area contributed by atoms with E-state index < -0.39 is 17.4 Å². The molecule has 25 heavy (non-hydrogen) atoms. The lowest BCUT2D eigenvalue weighted by atomic mass is 9.95. The van der Waals surface area contributed by atoms with E-state index >= 15 is 0 Å². The molecule has 0 atom stereocenters. The molecule has 1 fully saturated rings. The summed E-state index contributed by atoms with van der Waals surface area (Å²) in [5.41, 5.74) is -0.803. The normalized spacial score (nSPS) is 15.5. The van der Waals surface area contributed by atoms with Crippen LogP contribution < -0.4 is 4.90 Å². The van der Waals surface area contributed by atoms with Crippen LogP contribution in [0.25, 0.3) is 5.69 Å². The summed E-state index contributed by atoms with van der Waals surface area (Å²) in [7, 11) is 0. The van der Waals surface area contributed by atoms with Gasteiger partial charge in [-0.2, -0.15) is 0 Å². The number of carboxylic acid groups (broad SMARTS) is 1. The third kappa shape index (κ3) is 2.87. The standard InChI is InChI=1S/C18H16FN3O3/c1-2-16(23)22(18(17(24)25)10-3-4-11-18)15-9-12-21(20-15)14-7-5-13(19)6-8-14/h1,5-9,12H,3-4,10-11H2,(H,24,25). The van der Waals surface area contributed by atoms with Gasteiger partial charge in [0.2, 0.25) is 0 Å². The van der Waals surface area contributed by atoms with E-state index in [2.05, 4.69) is 5.10 Å². The first kappa shape index (κ1) is 16.7. The van der Waals surface area contributed by atoms with Gasteiger partial charge in [-0.05, 0) is 43.0 Å². The second-order valence-corrected chi connectivity index (χ2v) is 5.92. The van der Waals surface area contributed by atoms with Crippen LogP contribution in [0.2, 0.25) is 0 Å². The number of hydrogen-bond acceptors (Lipinski definition) is 3. The van der Waals surface area contributed by atoms with Crippen molar-refractivity contribution in [2.24, 2.45) is 0 Å². The highest BCUT2D eigenvalue weighted by molar-refractivity contribution is 6.09. The number of terminal acetylenes is 1. The fourth-order valence-corrected chi connectivity index (χ4v) is 3.25. The number of aliphatic carboxylic acids is 1. The van der Waals surface area contributed by atoms with E-state index in [0.717, 1.165) is 4.90 Å². The van der Waals surface area contributed by atoms with Crippen LogP contribution in [0.3, 0.4) is 0 Å². The van der Waals surface area contributed by atoms with Gasteiger partial charge in [0.25, 0.3) is 0 Å². The summed E-state index contributed by atoms with van der Waals surface area (Å²) in [6.45, 7) is 0. The molecule has 0 unspecified atom stereocenters. The molecule has 1 aromatic carbocycles. The number of carbonyl (C=O) groups is 2. The largest absolute Gasteiger partial charge is 0.479 e. The van der Waals surface area contributed by atoms with Crippen LogP contribution in [-0.4, -0.2) is 32.3 Å². The molecule has 1 N–H and O–H groups in total. The molecule has 1 aliphatic rings. The van der Waals surface area contributed by atoms with Crippen LogP contribution in [0.1, 0.15) is 25.7 Å². The first-order valence-electron chi connectivity index (χ1n) is 7.84. The molecule has 0 aliphatic heterocycles. The second kappa shape index (κ2) is 6.40. The zero-order valence-electron chi connectivity index (χ0n) is 13.4. The number of benzene rings is 1. The zero-order valence-corrected chi connectivity index (χ0v) is 13.4. The molecule has 128 valence electrons. The highest BCUT2D eigenvalue weighted by Crippen LogP contribution is 2.38. The summed E-state index contributed by atoms with van der Waals surface area (Å²) in [4.78, 5) is 25.4. The molecule has 6 nitrogen and oxygen atoms in total. The lowest BCUT2D eigenvalue weighted by Crippen LogP contribution is -2.56. The Labute approximate surface area is 143 Å².